The van der Waals surface area contributed by atoms with Crippen LogP contribution < -0.4 is 0 Å². The largest absolute Gasteiger partial charge is 0.242 e. The molecule has 1 aromatic heterocycles. The third-order valence-electron chi connectivity index (χ3n) is 3.37. The van der Waals surface area contributed by atoms with Gasteiger partial charge in [-0.3, -0.25) is 0 Å². The maximum absolute atomic E-state index is 6.09. The highest BCUT2D eigenvalue weighted by Gasteiger charge is 2.19. The second kappa shape index (κ2) is 4.06. The summed E-state index contributed by atoms with van der Waals surface area (Å²) in [5, 5.41) is 9.13. The van der Waals surface area contributed by atoms with Gasteiger partial charge in [0.2, 0.25) is 0 Å². The first-order chi connectivity index (χ1) is 7.86. The quantitative estimate of drug-likeness (QED) is 0.756. The molecule has 16 heavy (non-hydrogen) atoms. The summed E-state index contributed by atoms with van der Waals surface area (Å²) in [5.74, 6) is 0. The van der Waals surface area contributed by atoms with Crippen molar-refractivity contribution in [2.75, 3.05) is 0 Å². The third-order valence-corrected chi connectivity index (χ3v) is 3.68. The fourth-order valence-electron chi connectivity index (χ4n) is 2.52. The monoisotopic (exact) mass is 235 g/mol. The molecule has 0 unspecified atom stereocenters. The standard InChI is InChI=1S/C12H14ClN3/c13-10-7-4-8-11-12(10)14-15-16(11)9-5-2-1-3-6-9/h4,7-9H,1-3,5-6H2. The Kier molecular flexibility index (Phi) is 2.56. The maximum atomic E-state index is 6.09. The van der Waals surface area contributed by atoms with Crippen LogP contribution in [0, 0.1) is 0 Å². The molecule has 0 amide bonds. The van der Waals surface area contributed by atoms with Crippen LogP contribution in [0.15, 0.2) is 18.2 Å². The summed E-state index contributed by atoms with van der Waals surface area (Å²) in [4.78, 5) is 0. The highest BCUT2D eigenvalue weighted by Crippen LogP contribution is 2.31. The summed E-state index contributed by atoms with van der Waals surface area (Å²) in [6.07, 6.45) is 6.37. The zero-order valence-corrected chi connectivity index (χ0v) is 9.82. The Morgan fingerprint density at radius 1 is 1.19 bits per heavy atom. The lowest BCUT2D eigenvalue weighted by Crippen LogP contribution is -2.14. The van der Waals surface area contributed by atoms with Crippen LogP contribution >= 0.6 is 11.6 Å². The van der Waals surface area contributed by atoms with E-state index in [0.717, 1.165) is 11.0 Å². The Morgan fingerprint density at radius 2 is 2.00 bits per heavy atom. The van der Waals surface area contributed by atoms with Crippen LogP contribution in [0.25, 0.3) is 11.0 Å². The van der Waals surface area contributed by atoms with Crippen LogP contribution in [0.3, 0.4) is 0 Å². The number of rotatable bonds is 1. The molecular formula is C12H14ClN3. The van der Waals surface area contributed by atoms with Gasteiger partial charge in [-0.25, -0.2) is 4.68 Å². The average molecular weight is 236 g/mol. The van der Waals surface area contributed by atoms with Crippen molar-refractivity contribution in [1.82, 2.24) is 15.0 Å². The van der Waals surface area contributed by atoms with Crippen LogP contribution in [0.1, 0.15) is 38.1 Å². The number of nitrogens with zero attached hydrogens (tertiary/aromatic N) is 3. The molecular weight excluding hydrogens is 222 g/mol. The van der Waals surface area contributed by atoms with Gasteiger partial charge >= 0.3 is 0 Å². The van der Waals surface area contributed by atoms with Gasteiger partial charge in [-0.05, 0) is 25.0 Å². The molecule has 0 atom stereocenters. The van der Waals surface area contributed by atoms with Gasteiger partial charge in [0, 0.05) is 0 Å². The fraction of sp³-hybridized carbons (Fsp3) is 0.500. The zero-order valence-electron chi connectivity index (χ0n) is 9.06. The Morgan fingerprint density at radius 3 is 2.81 bits per heavy atom. The van der Waals surface area contributed by atoms with Crippen molar-refractivity contribution in [3.8, 4) is 0 Å². The summed E-state index contributed by atoms with van der Waals surface area (Å²) >= 11 is 6.09. The van der Waals surface area contributed by atoms with E-state index in [1.807, 2.05) is 12.1 Å². The molecule has 0 aliphatic heterocycles. The molecule has 1 fully saturated rings. The first-order valence-electron chi connectivity index (χ1n) is 5.85. The predicted octanol–water partition coefficient (Wildman–Crippen LogP) is 3.59. The zero-order chi connectivity index (χ0) is 11.0. The SMILES string of the molecule is Clc1cccc2c1nnn2C1CCCCC1. The van der Waals surface area contributed by atoms with E-state index in [-0.39, 0.29) is 0 Å². The van der Waals surface area contributed by atoms with Crippen molar-refractivity contribution >= 4 is 22.6 Å². The van der Waals surface area contributed by atoms with Gasteiger partial charge in [0.15, 0.2) is 0 Å². The van der Waals surface area contributed by atoms with Crippen molar-refractivity contribution in [1.29, 1.82) is 0 Å². The normalized spacial score (nSPS) is 18.1. The Bertz CT molecular complexity index is 500. The molecule has 0 bridgehead atoms. The Hall–Kier alpha value is -1.09. The summed E-state index contributed by atoms with van der Waals surface area (Å²) < 4.78 is 2.06. The molecule has 3 nitrogen and oxygen atoms in total. The summed E-state index contributed by atoms with van der Waals surface area (Å²) in [5.41, 5.74) is 1.90. The first kappa shape index (κ1) is 10.1. The van der Waals surface area contributed by atoms with Gasteiger partial charge < -0.3 is 0 Å². The molecule has 0 radical (unpaired) electrons. The second-order valence-electron chi connectivity index (χ2n) is 4.43. The van der Waals surface area contributed by atoms with Crippen LogP contribution in [-0.2, 0) is 0 Å². The average Bonchev–Trinajstić information content (AvgIpc) is 2.75. The first-order valence-corrected chi connectivity index (χ1v) is 6.23. The number of hydrogen-bond donors (Lipinski definition) is 0. The minimum atomic E-state index is 0.511. The molecule has 1 heterocycles. The van der Waals surface area contributed by atoms with E-state index in [1.54, 1.807) is 0 Å². The van der Waals surface area contributed by atoms with Crippen molar-refractivity contribution in [2.24, 2.45) is 0 Å². The van der Waals surface area contributed by atoms with E-state index >= 15 is 0 Å². The minimum Gasteiger partial charge on any atom is -0.242 e. The van der Waals surface area contributed by atoms with Gasteiger partial charge in [0.05, 0.1) is 16.6 Å². The van der Waals surface area contributed by atoms with E-state index in [0.29, 0.717) is 11.1 Å². The second-order valence-corrected chi connectivity index (χ2v) is 4.84. The van der Waals surface area contributed by atoms with Gasteiger partial charge in [-0.1, -0.05) is 42.1 Å². The molecule has 0 saturated heterocycles. The Balaban J connectivity index is 2.06. The van der Waals surface area contributed by atoms with E-state index in [2.05, 4.69) is 21.1 Å². The van der Waals surface area contributed by atoms with E-state index in [9.17, 15) is 0 Å². The fourth-order valence-corrected chi connectivity index (χ4v) is 2.73. The van der Waals surface area contributed by atoms with E-state index in [4.69, 9.17) is 11.6 Å². The smallest absolute Gasteiger partial charge is 0.131 e. The number of halogens is 1. The Labute approximate surface area is 99.4 Å². The summed E-state index contributed by atoms with van der Waals surface area (Å²) in [6.45, 7) is 0. The molecule has 4 heteroatoms. The molecule has 1 aliphatic carbocycles. The van der Waals surface area contributed by atoms with Crippen molar-refractivity contribution < 1.29 is 0 Å². The molecule has 1 aromatic carbocycles. The molecule has 0 N–H and O–H groups in total. The van der Waals surface area contributed by atoms with Gasteiger partial charge in [-0.2, -0.15) is 0 Å². The van der Waals surface area contributed by atoms with Gasteiger partial charge in [-0.15, -0.1) is 5.10 Å². The maximum Gasteiger partial charge on any atom is 0.131 e. The molecule has 1 saturated carbocycles. The highest BCUT2D eigenvalue weighted by molar-refractivity contribution is 6.34. The number of aromatic nitrogens is 3. The van der Waals surface area contributed by atoms with E-state index < -0.39 is 0 Å². The number of benzene rings is 1. The lowest BCUT2D eigenvalue weighted by molar-refractivity contribution is 0.331. The lowest BCUT2D eigenvalue weighted by atomic mass is 9.95. The van der Waals surface area contributed by atoms with Crippen molar-refractivity contribution in [2.45, 2.75) is 38.1 Å². The van der Waals surface area contributed by atoms with Crippen molar-refractivity contribution in [3.05, 3.63) is 23.2 Å². The molecule has 1 aliphatic rings. The van der Waals surface area contributed by atoms with Crippen LogP contribution in [-0.4, -0.2) is 15.0 Å². The van der Waals surface area contributed by atoms with Crippen LogP contribution in [0.2, 0.25) is 5.02 Å². The minimum absolute atomic E-state index is 0.511. The number of hydrogen-bond acceptors (Lipinski definition) is 2. The molecule has 0 spiro atoms. The molecule has 3 rings (SSSR count). The van der Waals surface area contributed by atoms with Crippen LogP contribution in [0.5, 0.6) is 0 Å². The van der Waals surface area contributed by atoms with Crippen LogP contribution in [0.4, 0.5) is 0 Å². The lowest BCUT2D eigenvalue weighted by Gasteiger charge is -2.21. The molecule has 2 aromatic rings. The highest BCUT2D eigenvalue weighted by atomic mass is 35.5. The van der Waals surface area contributed by atoms with Crippen molar-refractivity contribution in [3.63, 3.8) is 0 Å². The summed E-state index contributed by atoms with van der Waals surface area (Å²) in [7, 11) is 0. The van der Waals surface area contributed by atoms with E-state index in [1.165, 1.54) is 32.1 Å². The topological polar surface area (TPSA) is 30.7 Å². The number of fused-ring (bicyclic) bond motifs is 1. The third kappa shape index (κ3) is 1.59. The predicted molar refractivity (Wildman–Crippen MR) is 64.7 cm³/mol. The summed E-state index contributed by atoms with van der Waals surface area (Å²) in [6, 6.07) is 6.39. The van der Waals surface area contributed by atoms with Gasteiger partial charge in [0.25, 0.3) is 0 Å². The molecule has 84 valence electrons. The van der Waals surface area contributed by atoms with Gasteiger partial charge in [0.1, 0.15) is 5.52 Å².